The van der Waals surface area contributed by atoms with Crippen LogP contribution in [0.15, 0.2) is 24.8 Å². The first-order valence-electron chi connectivity index (χ1n) is 9.33. The van der Waals surface area contributed by atoms with Gasteiger partial charge in [0.1, 0.15) is 23.0 Å². The van der Waals surface area contributed by atoms with Crippen LogP contribution < -0.4 is 21.1 Å². The standard InChI is InChI=1S/C19H19F3N6O3S/c1-10-7-12(20)11(15(22)14(10)21)8-31-17-13(16(23)29)18(32-27-17)26-19(30)25-3-2-5-28-6-4-24-9-28/h4,6-7,9H,2-3,5,8H2,1H3,(H2,23,29)(H2,25,26,30). The lowest BCUT2D eigenvalue weighted by molar-refractivity contribution is 0.0996. The van der Waals surface area contributed by atoms with Crippen molar-refractivity contribution in [2.75, 3.05) is 11.9 Å². The second-order valence-electron chi connectivity index (χ2n) is 6.66. The van der Waals surface area contributed by atoms with Crippen LogP contribution in [-0.2, 0) is 13.2 Å². The molecule has 9 nitrogen and oxygen atoms in total. The van der Waals surface area contributed by atoms with Crippen molar-refractivity contribution in [1.82, 2.24) is 19.2 Å². The van der Waals surface area contributed by atoms with E-state index in [0.29, 0.717) is 31.0 Å². The molecule has 0 aliphatic rings. The number of anilines is 1. The van der Waals surface area contributed by atoms with Gasteiger partial charge >= 0.3 is 6.03 Å². The molecule has 2 heterocycles. The van der Waals surface area contributed by atoms with E-state index in [-0.39, 0.29) is 22.0 Å². The minimum atomic E-state index is -1.40. The van der Waals surface area contributed by atoms with Crippen LogP contribution in [0.5, 0.6) is 5.88 Å². The van der Waals surface area contributed by atoms with Crippen molar-refractivity contribution in [3.8, 4) is 5.88 Å². The number of nitrogens with zero attached hydrogens (tertiary/aromatic N) is 3. The van der Waals surface area contributed by atoms with Gasteiger partial charge in [-0.1, -0.05) is 0 Å². The zero-order chi connectivity index (χ0) is 23.3. The Bertz CT molecular complexity index is 1120. The summed E-state index contributed by atoms with van der Waals surface area (Å²) in [6, 6.07) is 0.225. The van der Waals surface area contributed by atoms with Gasteiger partial charge in [0.15, 0.2) is 11.6 Å². The van der Waals surface area contributed by atoms with Crippen molar-refractivity contribution in [3.63, 3.8) is 0 Å². The molecule has 3 amide bonds. The number of nitrogens with one attached hydrogen (secondary N) is 2. The second kappa shape index (κ2) is 10.1. The van der Waals surface area contributed by atoms with Gasteiger partial charge in [-0.3, -0.25) is 10.1 Å². The zero-order valence-corrected chi connectivity index (χ0v) is 17.6. The van der Waals surface area contributed by atoms with Crippen LogP contribution in [0, 0.1) is 24.4 Å². The fourth-order valence-electron chi connectivity index (χ4n) is 2.73. The van der Waals surface area contributed by atoms with Gasteiger partial charge in [0.05, 0.1) is 11.9 Å². The molecule has 0 fully saturated rings. The van der Waals surface area contributed by atoms with Crippen molar-refractivity contribution >= 4 is 28.5 Å². The van der Waals surface area contributed by atoms with Crippen LogP contribution in [0.4, 0.5) is 23.0 Å². The first kappa shape index (κ1) is 23.1. The van der Waals surface area contributed by atoms with E-state index in [0.717, 1.165) is 6.07 Å². The monoisotopic (exact) mass is 468 g/mol. The van der Waals surface area contributed by atoms with Crippen LogP contribution >= 0.6 is 11.5 Å². The van der Waals surface area contributed by atoms with Crippen molar-refractivity contribution in [1.29, 1.82) is 0 Å². The van der Waals surface area contributed by atoms with E-state index in [1.807, 2.05) is 4.57 Å². The molecule has 170 valence electrons. The van der Waals surface area contributed by atoms with Crippen molar-refractivity contribution in [2.45, 2.75) is 26.5 Å². The van der Waals surface area contributed by atoms with Gasteiger partial charge in [-0.15, -0.1) is 0 Å². The molecule has 3 aromatic rings. The topological polar surface area (TPSA) is 124 Å². The second-order valence-corrected chi connectivity index (χ2v) is 7.43. The average Bonchev–Trinajstić information content (AvgIpc) is 3.39. The molecule has 4 N–H and O–H groups in total. The van der Waals surface area contributed by atoms with Gasteiger partial charge in [0.25, 0.3) is 5.91 Å². The molecule has 3 rings (SSSR count). The molecule has 32 heavy (non-hydrogen) atoms. The van der Waals surface area contributed by atoms with Gasteiger partial charge in [-0.05, 0) is 36.5 Å². The highest BCUT2D eigenvalue weighted by molar-refractivity contribution is 7.11. The maximum Gasteiger partial charge on any atom is 0.319 e. The van der Waals surface area contributed by atoms with Gasteiger partial charge in [0, 0.05) is 25.5 Å². The lowest BCUT2D eigenvalue weighted by atomic mass is 10.1. The summed E-state index contributed by atoms with van der Waals surface area (Å²) in [6.07, 6.45) is 5.72. The molecule has 0 bridgehead atoms. The highest BCUT2D eigenvalue weighted by Gasteiger charge is 2.24. The van der Waals surface area contributed by atoms with Crippen LogP contribution in [0.3, 0.4) is 0 Å². The van der Waals surface area contributed by atoms with Gasteiger partial charge in [0.2, 0.25) is 5.88 Å². The molecule has 0 atom stereocenters. The third-order valence-electron chi connectivity index (χ3n) is 4.36. The van der Waals surface area contributed by atoms with Crippen LogP contribution in [-0.4, -0.2) is 32.4 Å². The number of carbonyl (C=O) groups excluding carboxylic acids is 2. The molecule has 0 saturated heterocycles. The average molecular weight is 468 g/mol. The Morgan fingerprint density at radius 1 is 1.28 bits per heavy atom. The first-order valence-corrected chi connectivity index (χ1v) is 10.1. The number of aryl methyl sites for hydroxylation is 2. The van der Waals surface area contributed by atoms with E-state index in [1.54, 1.807) is 18.7 Å². The number of halogens is 3. The molecule has 0 radical (unpaired) electrons. The normalized spacial score (nSPS) is 10.8. The predicted molar refractivity (Wildman–Crippen MR) is 110 cm³/mol. The number of carbonyl (C=O) groups is 2. The number of aromatic nitrogens is 3. The molecule has 0 aliphatic heterocycles. The third kappa shape index (κ3) is 5.35. The number of imidazole rings is 1. The summed E-state index contributed by atoms with van der Waals surface area (Å²) < 4.78 is 52.7. The van der Waals surface area contributed by atoms with Crippen LogP contribution in [0.1, 0.15) is 27.9 Å². The summed E-state index contributed by atoms with van der Waals surface area (Å²) in [5.41, 5.74) is 4.22. The Hall–Kier alpha value is -3.61. The van der Waals surface area contributed by atoms with E-state index in [4.69, 9.17) is 10.5 Å². The van der Waals surface area contributed by atoms with E-state index in [2.05, 4.69) is 20.0 Å². The SMILES string of the molecule is Cc1cc(F)c(COc2nsc(NC(=O)NCCCn3ccnc3)c2C(N)=O)c(F)c1F. The molecular weight excluding hydrogens is 449 g/mol. The summed E-state index contributed by atoms with van der Waals surface area (Å²) in [5, 5.41) is 5.05. The smallest absolute Gasteiger partial charge is 0.319 e. The number of benzene rings is 1. The summed E-state index contributed by atoms with van der Waals surface area (Å²) in [6.45, 7) is 1.48. The molecule has 13 heteroatoms. The molecule has 1 aromatic carbocycles. The lowest BCUT2D eigenvalue weighted by Crippen LogP contribution is -2.30. The fourth-order valence-corrected chi connectivity index (χ4v) is 3.47. The number of hydrogen-bond acceptors (Lipinski definition) is 6. The first-order chi connectivity index (χ1) is 15.3. The third-order valence-corrected chi connectivity index (χ3v) is 5.11. The number of primary amides is 1. The predicted octanol–water partition coefficient (Wildman–Crippen LogP) is 2.96. The largest absolute Gasteiger partial charge is 0.471 e. The highest BCUT2D eigenvalue weighted by atomic mass is 32.1. The quantitative estimate of drug-likeness (QED) is 0.329. The summed E-state index contributed by atoms with van der Waals surface area (Å²) in [4.78, 5) is 27.9. The maximum atomic E-state index is 14.0. The van der Waals surface area contributed by atoms with Crippen molar-refractivity contribution < 1.29 is 27.5 Å². The van der Waals surface area contributed by atoms with E-state index in [1.165, 1.54) is 6.92 Å². The van der Waals surface area contributed by atoms with Crippen molar-refractivity contribution in [3.05, 3.63) is 58.9 Å². The lowest BCUT2D eigenvalue weighted by Gasteiger charge is -2.10. The molecule has 0 aliphatic carbocycles. The summed E-state index contributed by atoms with van der Waals surface area (Å²) >= 11 is 0.697. The molecular formula is C19H19F3N6O3S. The number of urea groups is 1. The molecule has 0 unspecified atom stereocenters. The molecule has 2 aromatic heterocycles. The van der Waals surface area contributed by atoms with E-state index < -0.39 is 41.6 Å². The Morgan fingerprint density at radius 3 is 2.75 bits per heavy atom. The maximum absolute atomic E-state index is 14.0. The van der Waals surface area contributed by atoms with Gasteiger partial charge in [-0.25, -0.2) is 22.9 Å². The van der Waals surface area contributed by atoms with Gasteiger partial charge < -0.3 is 20.4 Å². The number of ether oxygens (including phenoxy) is 1. The Kier molecular flexibility index (Phi) is 7.30. The number of amides is 3. The Balaban J connectivity index is 1.62. The highest BCUT2D eigenvalue weighted by Crippen LogP contribution is 2.31. The summed E-state index contributed by atoms with van der Waals surface area (Å²) in [5.74, 6) is -4.92. The number of rotatable bonds is 9. The Morgan fingerprint density at radius 2 is 2.06 bits per heavy atom. The minimum absolute atomic E-state index is 0.00404. The van der Waals surface area contributed by atoms with E-state index in [9.17, 15) is 22.8 Å². The zero-order valence-electron chi connectivity index (χ0n) is 16.8. The molecule has 0 spiro atoms. The Labute approximate surface area is 184 Å². The fraction of sp³-hybridized carbons (Fsp3) is 0.263. The minimum Gasteiger partial charge on any atom is -0.471 e. The van der Waals surface area contributed by atoms with Crippen molar-refractivity contribution in [2.24, 2.45) is 5.73 Å². The summed E-state index contributed by atoms with van der Waals surface area (Å²) in [7, 11) is 0. The molecule has 0 saturated carbocycles. The van der Waals surface area contributed by atoms with Crippen LogP contribution in [0.2, 0.25) is 0 Å². The van der Waals surface area contributed by atoms with Gasteiger partial charge in [-0.2, -0.15) is 4.37 Å². The number of nitrogens with two attached hydrogens (primary N) is 1. The van der Waals surface area contributed by atoms with E-state index >= 15 is 0 Å². The number of hydrogen-bond donors (Lipinski definition) is 3. The van der Waals surface area contributed by atoms with Crippen LogP contribution in [0.25, 0.3) is 0 Å².